The highest BCUT2D eigenvalue weighted by Gasteiger charge is 2.23. The van der Waals surface area contributed by atoms with Crippen LogP contribution in [0.15, 0.2) is 109 Å². The highest BCUT2D eigenvalue weighted by atomic mass is 16.4. The normalized spacial score (nSPS) is 11.5. The summed E-state index contributed by atoms with van der Waals surface area (Å²) in [5, 5.41) is 21.6. The van der Waals surface area contributed by atoms with E-state index in [9.17, 15) is 19.5 Å². The first-order chi connectivity index (χ1) is 20.4. The number of aromatic carboxylic acids is 1. The average Bonchev–Trinajstić information content (AvgIpc) is 3.00. The van der Waals surface area contributed by atoms with Crippen LogP contribution in [0.4, 0.5) is 5.69 Å². The number of benzene rings is 7. The zero-order valence-electron chi connectivity index (χ0n) is 22.7. The van der Waals surface area contributed by atoms with Gasteiger partial charge in [0.15, 0.2) is 5.78 Å². The molecule has 1 N–H and O–H groups in total. The van der Waals surface area contributed by atoms with Crippen LogP contribution < -0.4 is 10.4 Å². The van der Waals surface area contributed by atoms with E-state index in [1.54, 1.807) is 12.1 Å². The fraction of sp³-hybridized carbons (Fsp3) is 0.0541. The summed E-state index contributed by atoms with van der Waals surface area (Å²) in [5.41, 5.74) is 3.40. The maximum atomic E-state index is 13.6. The molecule has 0 fully saturated rings. The Hall–Kier alpha value is -5.55. The lowest BCUT2D eigenvalue weighted by atomic mass is 9.83. The van der Waals surface area contributed by atoms with E-state index < -0.39 is 5.97 Å². The highest BCUT2D eigenvalue weighted by Crippen LogP contribution is 2.44. The monoisotopic (exact) mass is 546 g/mol. The second kappa shape index (κ2) is 9.82. The molecule has 0 bridgehead atoms. The number of rotatable bonds is 6. The second-order valence-electron chi connectivity index (χ2n) is 10.6. The number of carboxylic acids is 1. The minimum atomic E-state index is -1.33. The number of amides is 1. The highest BCUT2D eigenvalue weighted by molar-refractivity contribution is 6.37. The molecule has 0 atom stereocenters. The summed E-state index contributed by atoms with van der Waals surface area (Å²) < 4.78 is 0. The average molecular weight is 547 g/mol. The lowest BCUT2D eigenvalue weighted by Crippen LogP contribution is -2.23. The lowest BCUT2D eigenvalue weighted by molar-refractivity contribution is -0.254. The number of fused-ring (bicyclic) bond motifs is 2. The van der Waals surface area contributed by atoms with Gasteiger partial charge in [-0.25, -0.2) is 0 Å². The summed E-state index contributed by atoms with van der Waals surface area (Å²) >= 11 is 0. The first-order valence-electron chi connectivity index (χ1n) is 13.7. The molecule has 0 aliphatic carbocycles. The van der Waals surface area contributed by atoms with Crippen molar-refractivity contribution in [2.75, 3.05) is 5.32 Å². The summed E-state index contributed by atoms with van der Waals surface area (Å²) in [5.74, 6) is -1.71. The van der Waals surface area contributed by atoms with Gasteiger partial charge in [0, 0.05) is 34.2 Å². The van der Waals surface area contributed by atoms with Crippen molar-refractivity contribution in [1.82, 2.24) is 0 Å². The molecule has 42 heavy (non-hydrogen) atoms. The Morgan fingerprint density at radius 1 is 0.571 bits per heavy atom. The van der Waals surface area contributed by atoms with E-state index in [0.29, 0.717) is 27.6 Å². The van der Waals surface area contributed by atoms with E-state index in [4.69, 9.17) is 0 Å². The number of carbonyl (C=O) groups excluding carboxylic acids is 3. The smallest absolute Gasteiger partial charge is 0.256 e. The number of Topliss-reactive ketones (excluding diaryl/α,β-unsaturated/α-hetero) is 1. The predicted molar refractivity (Wildman–Crippen MR) is 166 cm³/mol. The van der Waals surface area contributed by atoms with Crippen LogP contribution in [0.1, 0.15) is 42.2 Å². The molecule has 0 aliphatic rings. The van der Waals surface area contributed by atoms with Gasteiger partial charge in [0.1, 0.15) is 0 Å². The quantitative estimate of drug-likeness (QED) is 0.137. The van der Waals surface area contributed by atoms with Crippen molar-refractivity contribution < 1.29 is 19.5 Å². The first kappa shape index (κ1) is 25.4. The molecule has 0 unspecified atom stereocenters. The number of hydrogen-bond acceptors (Lipinski definition) is 4. The van der Waals surface area contributed by atoms with Gasteiger partial charge in [-0.3, -0.25) is 9.59 Å². The molecular weight excluding hydrogens is 522 g/mol. The van der Waals surface area contributed by atoms with Crippen LogP contribution in [0, 0.1) is 6.92 Å². The molecule has 0 saturated heterocycles. The van der Waals surface area contributed by atoms with E-state index in [1.807, 2.05) is 97.9 Å². The number of anilines is 1. The van der Waals surface area contributed by atoms with Crippen molar-refractivity contribution in [1.29, 1.82) is 0 Å². The lowest BCUT2D eigenvalue weighted by Gasteiger charge is -2.20. The number of carbonyl (C=O) groups is 3. The Balaban J connectivity index is 1.51. The van der Waals surface area contributed by atoms with Gasteiger partial charge in [-0.1, -0.05) is 91.0 Å². The molecule has 5 nitrogen and oxygen atoms in total. The molecule has 202 valence electrons. The largest absolute Gasteiger partial charge is 0.545 e. The summed E-state index contributed by atoms with van der Waals surface area (Å²) in [6.45, 7) is 1.98. The van der Waals surface area contributed by atoms with Crippen LogP contribution in [0.2, 0.25) is 0 Å². The number of nitrogens with one attached hydrogen (secondary N) is 1. The Morgan fingerprint density at radius 3 is 1.71 bits per heavy atom. The van der Waals surface area contributed by atoms with Gasteiger partial charge in [-0.2, -0.15) is 0 Å². The molecule has 0 radical (unpaired) electrons. The molecule has 0 aromatic heterocycles. The number of aryl methyl sites for hydroxylation is 1. The number of hydrogen-bond donors (Lipinski definition) is 1. The Kier molecular flexibility index (Phi) is 5.94. The van der Waals surface area contributed by atoms with E-state index in [-0.39, 0.29) is 23.7 Å². The fourth-order valence-corrected chi connectivity index (χ4v) is 6.25. The Morgan fingerprint density at radius 2 is 1.10 bits per heavy atom. The van der Waals surface area contributed by atoms with Crippen molar-refractivity contribution in [3.05, 3.63) is 137 Å². The predicted octanol–water partition coefficient (Wildman–Crippen LogP) is 7.09. The van der Waals surface area contributed by atoms with E-state index in [2.05, 4.69) is 5.32 Å². The van der Waals surface area contributed by atoms with Crippen LogP contribution in [0.25, 0.3) is 43.1 Å². The maximum absolute atomic E-state index is 13.6. The van der Waals surface area contributed by atoms with Gasteiger partial charge < -0.3 is 15.2 Å². The molecule has 1 amide bonds. The van der Waals surface area contributed by atoms with Crippen LogP contribution in [0.3, 0.4) is 0 Å². The van der Waals surface area contributed by atoms with Crippen molar-refractivity contribution in [2.24, 2.45) is 0 Å². The maximum Gasteiger partial charge on any atom is 0.256 e. The number of carboxylic acid groups (broad SMARTS) is 1. The van der Waals surface area contributed by atoms with Gasteiger partial charge in [0.05, 0.1) is 5.97 Å². The minimum Gasteiger partial charge on any atom is -0.545 e. The van der Waals surface area contributed by atoms with Gasteiger partial charge in [-0.15, -0.1) is 0 Å². The molecule has 7 aromatic carbocycles. The van der Waals surface area contributed by atoms with E-state index in [1.165, 1.54) is 6.07 Å². The summed E-state index contributed by atoms with van der Waals surface area (Å²) in [6.07, 6.45) is 0.150. The van der Waals surface area contributed by atoms with Crippen LogP contribution >= 0.6 is 0 Å². The standard InChI is InChI=1S/C37H25NO4/c1-21-12-13-24-26-14-17-28(31(39)20-22-8-4-2-5-9-22)35-30(37(41)42)19-16-27(34(26)35)25-15-18-29(32(21)33(24)25)36(40)38-23-10-6-3-7-11-23/h2-19H,20H2,1H3,(H,38,40)(H,41,42)/p-1. The van der Waals surface area contributed by atoms with Crippen molar-refractivity contribution in [2.45, 2.75) is 13.3 Å². The third kappa shape index (κ3) is 3.98. The van der Waals surface area contributed by atoms with Crippen LogP contribution in [0.5, 0.6) is 0 Å². The van der Waals surface area contributed by atoms with Crippen molar-refractivity contribution in [3.63, 3.8) is 0 Å². The van der Waals surface area contributed by atoms with Gasteiger partial charge in [0.2, 0.25) is 0 Å². The molecule has 0 aliphatic heterocycles. The van der Waals surface area contributed by atoms with Gasteiger partial charge >= 0.3 is 0 Å². The SMILES string of the molecule is Cc1ccc2c3ccc(C(=O)Cc4ccccc4)c4c(C(=O)[O-])ccc(c5ccc(C(=O)Nc6ccccc6)c1c52)c43. The Labute approximate surface area is 241 Å². The molecule has 0 saturated carbocycles. The van der Waals surface area contributed by atoms with E-state index in [0.717, 1.165) is 43.4 Å². The van der Waals surface area contributed by atoms with Crippen molar-refractivity contribution >= 4 is 66.4 Å². The molecule has 7 aromatic rings. The third-order valence-corrected chi connectivity index (χ3v) is 8.11. The third-order valence-electron chi connectivity index (χ3n) is 8.11. The summed E-state index contributed by atoms with van der Waals surface area (Å²) in [6, 6.07) is 33.4. The van der Waals surface area contributed by atoms with E-state index >= 15 is 0 Å². The summed E-state index contributed by atoms with van der Waals surface area (Å²) in [7, 11) is 0. The van der Waals surface area contributed by atoms with Gasteiger partial charge in [-0.05, 0) is 74.0 Å². The molecular formula is C37H24NO4-. The molecule has 0 spiro atoms. The second-order valence-corrected chi connectivity index (χ2v) is 10.6. The number of ketones is 1. The van der Waals surface area contributed by atoms with Crippen molar-refractivity contribution in [3.8, 4) is 0 Å². The Bertz CT molecular complexity index is 2180. The number of para-hydroxylation sites is 1. The molecule has 7 rings (SSSR count). The topological polar surface area (TPSA) is 86.3 Å². The van der Waals surface area contributed by atoms with Gasteiger partial charge in [0.25, 0.3) is 5.91 Å². The minimum absolute atomic E-state index is 0.0160. The zero-order chi connectivity index (χ0) is 29.0. The van der Waals surface area contributed by atoms with Crippen LogP contribution in [-0.2, 0) is 6.42 Å². The summed E-state index contributed by atoms with van der Waals surface area (Å²) in [4.78, 5) is 39.5. The van der Waals surface area contributed by atoms with Crippen LogP contribution in [-0.4, -0.2) is 17.7 Å². The fourth-order valence-electron chi connectivity index (χ4n) is 6.25. The molecule has 0 heterocycles. The first-order valence-corrected chi connectivity index (χ1v) is 13.7. The molecule has 5 heteroatoms. The zero-order valence-corrected chi connectivity index (χ0v) is 22.7.